The minimum absolute atomic E-state index is 0.0795. The van der Waals surface area contributed by atoms with E-state index >= 15 is 0 Å². The maximum atomic E-state index is 11.9. The first-order chi connectivity index (χ1) is 7.29. The smallest absolute Gasteiger partial charge is 0.410 e. The number of hydrogen-bond donors (Lipinski definition) is 0. The molecule has 0 N–H and O–H groups in total. The maximum Gasteiger partial charge on any atom is 0.410 e. The van der Waals surface area contributed by atoms with Gasteiger partial charge in [-0.2, -0.15) is 0 Å². The number of fused-ring (bicyclic) bond motifs is 1. The van der Waals surface area contributed by atoms with E-state index < -0.39 is 5.60 Å². The largest absolute Gasteiger partial charge is 0.444 e. The molecule has 2 aliphatic rings. The van der Waals surface area contributed by atoms with Crippen LogP contribution in [0, 0.1) is 11.8 Å². The van der Waals surface area contributed by atoms with Gasteiger partial charge in [-0.1, -0.05) is 0 Å². The van der Waals surface area contributed by atoms with Crippen molar-refractivity contribution in [1.29, 1.82) is 0 Å². The summed E-state index contributed by atoms with van der Waals surface area (Å²) in [6.45, 7) is 7.76. The predicted octanol–water partition coefficient (Wildman–Crippen LogP) is 1.83. The lowest BCUT2D eigenvalue weighted by Gasteiger charge is -2.29. The van der Waals surface area contributed by atoms with Gasteiger partial charge in [-0.05, 0) is 46.0 Å². The van der Waals surface area contributed by atoms with Crippen molar-refractivity contribution in [3.8, 4) is 0 Å². The summed E-state index contributed by atoms with van der Waals surface area (Å²) in [5.41, 5.74) is -0.495. The van der Waals surface area contributed by atoms with Crippen molar-refractivity contribution in [2.45, 2.75) is 45.8 Å². The molecular formula is C12H19NO3. The van der Waals surface area contributed by atoms with Crippen LogP contribution in [0.25, 0.3) is 0 Å². The average Bonchev–Trinajstić information content (AvgIpc) is 2.73. The fourth-order valence-electron chi connectivity index (χ4n) is 2.49. The highest BCUT2D eigenvalue weighted by atomic mass is 16.6. The molecule has 2 rings (SSSR count). The zero-order chi connectivity index (χ0) is 12.1. The summed E-state index contributed by atoms with van der Waals surface area (Å²) in [5.74, 6) is 1.00. The summed E-state index contributed by atoms with van der Waals surface area (Å²) in [6.07, 6.45) is 0.740. The van der Waals surface area contributed by atoms with E-state index in [4.69, 9.17) is 4.74 Å². The number of ketones is 1. The zero-order valence-corrected chi connectivity index (χ0v) is 10.3. The number of likely N-dealkylation sites (tertiary alicyclic amines) is 1. The van der Waals surface area contributed by atoms with Gasteiger partial charge >= 0.3 is 6.09 Å². The third-order valence-corrected chi connectivity index (χ3v) is 3.19. The molecule has 90 valence electrons. The molecule has 1 saturated heterocycles. The summed E-state index contributed by atoms with van der Waals surface area (Å²) in [4.78, 5) is 25.0. The Bertz CT molecular complexity index is 332. The molecule has 1 unspecified atom stereocenters. The Hall–Kier alpha value is -1.06. The van der Waals surface area contributed by atoms with E-state index in [0.717, 1.165) is 6.42 Å². The molecule has 1 saturated carbocycles. The minimum Gasteiger partial charge on any atom is -0.444 e. The monoisotopic (exact) mass is 225 g/mol. The number of Topliss-reactive ketones (excluding diaryl/α,β-unsaturated/α-hetero) is 1. The van der Waals surface area contributed by atoms with Gasteiger partial charge in [-0.25, -0.2) is 4.79 Å². The van der Waals surface area contributed by atoms with E-state index in [0.29, 0.717) is 18.4 Å². The van der Waals surface area contributed by atoms with Crippen molar-refractivity contribution >= 4 is 11.9 Å². The van der Waals surface area contributed by atoms with E-state index in [2.05, 4.69) is 0 Å². The summed E-state index contributed by atoms with van der Waals surface area (Å²) >= 11 is 0. The third-order valence-electron chi connectivity index (χ3n) is 3.19. The molecule has 0 spiro atoms. The predicted molar refractivity (Wildman–Crippen MR) is 59.0 cm³/mol. The third kappa shape index (κ3) is 2.06. The molecule has 1 aliphatic heterocycles. The standard InChI is InChI=1S/C12H19NO3/c1-7(14)10-9-5-8(9)6-13(10)11(15)16-12(2,3)4/h8-10H,5-6H2,1-4H3/t8?,9-,10-/m1/s1. The van der Waals surface area contributed by atoms with Crippen LogP contribution in [-0.4, -0.2) is 35.0 Å². The van der Waals surface area contributed by atoms with E-state index in [1.807, 2.05) is 20.8 Å². The van der Waals surface area contributed by atoms with Gasteiger partial charge in [0.05, 0.1) is 6.04 Å². The van der Waals surface area contributed by atoms with Gasteiger partial charge in [0, 0.05) is 6.54 Å². The average molecular weight is 225 g/mol. The Morgan fingerprint density at radius 3 is 2.44 bits per heavy atom. The Labute approximate surface area is 95.9 Å². The molecule has 0 radical (unpaired) electrons. The highest BCUT2D eigenvalue weighted by Crippen LogP contribution is 2.50. The van der Waals surface area contributed by atoms with Crippen molar-refractivity contribution in [3.05, 3.63) is 0 Å². The molecular weight excluding hydrogens is 206 g/mol. The van der Waals surface area contributed by atoms with Crippen molar-refractivity contribution in [3.63, 3.8) is 0 Å². The molecule has 16 heavy (non-hydrogen) atoms. The molecule has 0 aromatic rings. The lowest BCUT2D eigenvalue weighted by Crippen LogP contribution is -2.45. The number of carbonyl (C=O) groups is 2. The van der Waals surface area contributed by atoms with Crippen molar-refractivity contribution in [2.24, 2.45) is 11.8 Å². The number of rotatable bonds is 1. The van der Waals surface area contributed by atoms with Crippen LogP contribution in [0.4, 0.5) is 4.79 Å². The number of piperidine rings is 1. The van der Waals surface area contributed by atoms with Gasteiger partial charge in [0.15, 0.2) is 5.78 Å². The van der Waals surface area contributed by atoms with E-state index in [1.165, 1.54) is 0 Å². The Morgan fingerprint density at radius 2 is 1.94 bits per heavy atom. The number of hydrogen-bond acceptors (Lipinski definition) is 3. The van der Waals surface area contributed by atoms with Crippen LogP contribution in [-0.2, 0) is 9.53 Å². The molecule has 4 nitrogen and oxygen atoms in total. The van der Waals surface area contributed by atoms with E-state index in [1.54, 1.807) is 11.8 Å². The van der Waals surface area contributed by atoms with Crippen molar-refractivity contribution < 1.29 is 14.3 Å². The first-order valence-electron chi connectivity index (χ1n) is 5.79. The quantitative estimate of drug-likeness (QED) is 0.684. The van der Waals surface area contributed by atoms with Gasteiger partial charge in [0.2, 0.25) is 0 Å². The van der Waals surface area contributed by atoms with Gasteiger partial charge in [0.25, 0.3) is 0 Å². The first-order valence-corrected chi connectivity index (χ1v) is 5.79. The van der Waals surface area contributed by atoms with Crippen LogP contribution >= 0.6 is 0 Å². The van der Waals surface area contributed by atoms with Crippen LogP contribution in [0.3, 0.4) is 0 Å². The highest BCUT2D eigenvalue weighted by Gasteiger charge is 2.56. The Morgan fingerprint density at radius 1 is 1.31 bits per heavy atom. The summed E-state index contributed by atoms with van der Waals surface area (Å²) in [7, 11) is 0. The highest BCUT2D eigenvalue weighted by molar-refractivity contribution is 5.87. The van der Waals surface area contributed by atoms with E-state index in [-0.39, 0.29) is 17.9 Å². The summed E-state index contributed by atoms with van der Waals surface area (Å²) in [5, 5.41) is 0. The van der Waals surface area contributed by atoms with Gasteiger partial charge in [0.1, 0.15) is 5.60 Å². The van der Waals surface area contributed by atoms with Gasteiger partial charge in [-0.3, -0.25) is 9.69 Å². The second kappa shape index (κ2) is 3.47. The van der Waals surface area contributed by atoms with Gasteiger partial charge < -0.3 is 4.74 Å². The lowest BCUT2D eigenvalue weighted by molar-refractivity contribution is -0.122. The Kier molecular flexibility index (Phi) is 2.48. The fraction of sp³-hybridized carbons (Fsp3) is 0.833. The Balaban J connectivity index is 2.04. The SMILES string of the molecule is CC(=O)[C@@H]1[C@@H]2CC2CN1C(=O)OC(C)(C)C. The normalized spacial score (nSPS) is 32.2. The number of carbonyl (C=O) groups excluding carboxylic acids is 2. The van der Waals surface area contributed by atoms with E-state index in [9.17, 15) is 9.59 Å². The lowest BCUT2D eigenvalue weighted by atomic mass is 10.1. The van der Waals surface area contributed by atoms with Crippen molar-refractivity contribution in [1.82, 2.24) is 4.90 Å². The van der Waals surface area contributed by atoms with Crippen LogP contribution in [0.2, 0.25) is 0 Å². The molecule has 0 aromatic heterocycles. The molecule has 4 heteroatoms. The molecule has 1 amide bonds. The molecule has 2 fully saturated rings. The topological polar surface area (TPSA) is 46.6 Å². The molecule has 1 heterocycles. The molecule has 0 aromatic carbocycles. The van der Waals surface area contributed by atoms with Crippen LogP contribution < -0.4 is 0 Å². The summed E-state index contributed by atoms with van der Waals surface area (Å²) < 4.78 is 5.31. The molecule has 0 bridgehead atoms. The van der Waals surface area contributed by atoms with Crippen LogP contribution in [0.15, 0.2) is 0 Å². The van der Waals surface area contributed by atoms with Crippen LogP contribution in [0.1, 0.15) is 34.1 Å². The summed E-state index contributed by atoms with van der Waals surface area (Å²) in [6, 6.07) is -0.236. The zero-order valence-electron chi connectivity index (χ0n) is 10.3. The fourth-order valence-corrected chi connectivity index (χ4v) is 2.49. The first kappa shape index (κ1) is 11.4. The number of amides is 1. The van der Waals surface area contributed by atoms with Crippen molar-refractivity contribution in [2.75, 3.05) is 6.54 Å². The second-order valence-corrected chi connectivity index (χ2v) is 5.85. The molecule has 1 aliphatic carbocycles. The number of nitrogens with zero attached hydrogens (tertiary/aromatic N) is 1. The number of ether oxygens (including phenoxy) is 1. The minimum atomic E-state index is -0.495. The maximum absolute atomic E-state index is 11.9. The van der Waals surface area contributed by atoms with Crippen LogP contribution in [0.5, 0.6) is 0 Å². The van der Waals surface area contributed by atoms with Gasteiger partial charge in [-0.15, -0.1) is 0 Å². The molecule has 3 atom stereocenters. The second-order valence-electron chi connectivity index (χ2n) is 5.85.